The molecule has 84 valence electrons. The number of methoxy groups -OCH3 is 2. The quantitative estimate of drug-likeness (QED) is 0.559. The first-order chi connectivity index (χ1) is 7.10. The summed E-state index contributed by atoms with van der Waals surface area (Å²) < 4.78 is 10.6. The van der Waals surface area contributed by atoms with Gasteiger partial charge in [-0.05, 0) is 10.6 Å². The Bertz CT molecular complexity index is 281. The van der Waals surface area contributed by atoms with Gasteiger partial charge in [0.1, 0.15) is 15.4 Å². The first-order valence-corrected chi connectivity index (χ1v) is 6.73. The molecular weight excluding hydrogens is 204 g/mol. The highest BCUT2D eigenvalue weighted by atomic mass is 28.2. The highest BCUT2D eigenvalue weighted by Gasteiger charge is 2.25. The molecule has 0 atom stereocenters. The molecule has 0 saturated carbocycles. The Balaban J connectivity index is 2.74. The fourth-order valence-electron chi connectivity index (χ4n) is 1.69. The van der Waals surface area contributed by atoms with Gasteiger partial charge in [-0.3, -0.25) is 0 Å². The predicted molar refractivity (Wildman–Crippen MR) is 65.8 cm³/mol. The first-order valence-electron chi connectivity index (χ1n) is 5.21. The summed E-state index contributed by atoms with van der Waals surface area (Å²) in [7, 11) is 2.93. The van der Waals surface area contributed by atoms with E-state index < -0.39 is 9.52 Å². The Kier molecular flexibility index (Phi) is 4.51. The van der Waals surface area contributed by atoms with Crippen LogP contribution in [-0.4, -0.2) is 29.7 Å². The second-order valence-electron chi connectivity index (χ2n) is 4.35. The van der Waals surface area contributed by atoms with Crippen LogP contribution in [-0.2, 0) is 14.5 Å². The van der Waals surface area contributed by atoms with E-state index in [1.807, 2.05) is 6.07 Å². The molecule has 0 aliphatic carbocycles. The Hall–Kier alpha value is -0.643. The highest BCUT2D eigenvalue weighted by Crippen LogP contribution is 2.22. The van der Waals surface area contributed by atoms with E-state index in [2.05, 4.69) is 38.1 Å². The average molecular weight is 224 g/mol. The van der Waals surface area contributed by atoms with E-state index in [0.29, 0.717) is 0 Å². The van der Waals surface area contributed by atoms with Crippen LogP contribution in [0.25, 0.3) is 0 Å². The van der Waals surface area contributed by atoms with Crippen molar-refractivity contribution in [1.29, 1.82) is 0 Å². The maximum absolute atomic E-state index is 5.30. The Morgan fingerprint density at radius 3 is 2.07 bits per heavy atom. The number of benzene rings is 1. The molecule has 2 nitrogen and oxygen atoms in total. The molecule has 0 amide bonds. The Morgan fingerprint density at radius 2 is 1.60 bits per heavy atom. The molecule has 0 aliphatic heterocycles. The van der Waals surface area contributed by atoms with Crippen molar-refractivity contribution in [3.63, 3.8) is 0 Å². The predicted octanol–water partition coefficient (Wildman–Crippen LogP) is 1.67. The maximum Gasteiger partial charge on any atom is 0.135 e. The molecule has 0 heterocycles. The molecule has 0 N–H and O–H groups in total. The summed E-state index contributed by atoms with van der Waals surface area (Å²) in [5.41, 5.74) is 1.37. The number of hydrogen-bond acceptors (Lipinski definition) is 2. The minimum atomic E-state index is -0.490. The monoisotopic (exact) mass is 224 g/mol. The van der Waals surface area contributed by atoms with Crippen LogP contribution < -0.4 is 0 Å². The third-order valence-electron chi connectivity index (χ3n) is 2.76. The first kappa shape index (κ1) is 12.4. The fraction of sp³-hybridized carbons (Fsp3) is 0.500. The summed E-state index contributed by atoms with van der Waals surface area (Å²) in [4.78, 5) is 0. The molecule has 0 saturated heterocycles. The van der Waals surface area contributed by atoms with Crippen LogP contribution in [0.15, 0.2) is 30.3 Å². The summed E-state index contributed by atoms with van der Waals surface area (Å²) in [6.45, 7) is 4.53. The topological polar surface area (TPSA) is 18.5 Å². The number of hydrogen-bond donors (Lipinski definition) is 0. The van der Waals surface area contributed by atoms with Gasteiger partial charge in [-0.25, -0.2) is 0 Å². The molecule has 0 radical (unpaired) electrons. The van der Waals surface area contributed by atoms with Gasteiger partial charge in [-0.1, -0.05) is 44.2 Å². The lowest BCUT2D eigenvalue weighted by Crippen LogP contribution is -2.37. The molecule has 1 aromatic carbocycles. The lowest BCUT2D eigenvalue weighted by Gasteiger charge is -2.28. The normalized spacial score (nSPS) is 12.9. The molecule has 1 aromatic rings. The lowest BCUT2D eigenvalue weighted by molar-refractivity contribution is -0.0457. The van der Waals surface area contributed by atoms with Gasteiger partial charge in [0.25, 0.3) is 0 Å². The third kappa shape index (κ3) is 3.45. The van der Waals surface area contributed by atoms with Gasteiger partial charge in [-0.15, -0.1) is 0 Å². The van der Waals surface area contributed by atoms with Gasteiger partial charge in [0.05, 0.1) is 0 Å². The average Bonchev–Trinajstić information content (AvgIpc) is 2.27. The van der Waals surface area contributed by atoms with E-state index in [-0.39, 0.29) is 11.0 Å². The van der Waals surface area contributed by atoms with Crippen molar-refractivity contribution in [2.75, 3.05) is 14.2 Å². The summed E-state index contributed by atoms with van der Waals surface area (Å²) in [5.74, 6) is 0.000191. The summed E-state index contributed by atoms with van der Waals surface area (Å²) in [6.07, 6.45) is 0. The minimum absolute atomic E-state index is 0.000191. The van der Waals surface area contributed by atoms with E-state index in [9.17, 15) is 0 Å². The van der Waals surface area contributed by atoms with Gasteiger partial charge in [-0.2, -0.15) is 0 Å². The minimum Gasteiger partial charge on any atom is -0.360 e. The van der Waals surface area contributed by atoms with Crippen molar-refractivity contribution < 1.29 is 9.47 Å². The van der Waals surface area contributed by atoms with Crippen LogP contribution in [0.2, 0.25) is 0 Å². The molecule has 0 bridgehead atoms. The van der Waals surface area contributed by atoms with Crippen LogP contribution in [0.4, 0.5) is 0 Å². The SMILES string of the molecule is COC(OC)[SiH2]C(C)(C)c1ccccc1. The largest absolute Gasteiger partial charge is 0.360 e. The number of rotatable bonds is 5. The van der Waals surface area contributed by atoms with E-state index in [1.54, 1.807) is 14.2 Å². The molecule has 0 fully saturated rings. The van der Waals surface area contributed by atoms with Crippen LogP contribution in [0.5, 0.6) is 0 Å². The zero-order valence-electron chi connectivity index (χ0n) is 9.99. The molecule has 0 unspecified atom stereocenters. The van der Waals surface area contributed by atoms with Crippen molar-refractivity contribution in [3.05, 3.63) is 35.9 Å². The smallest absolute Gasteiger partial charge is 0.135 e. The van der Waals surface area contributed by atoms with Crippen LogP contribution >= 0.6 is 0 Å². The molecular formula is C12H20O2Si. The summed E-state index contributed by atoms with van der Waals surface area (Å²) in [6, 6.07) is 10.6. The van der Waals surface area contributed by atoms with Crippen molar-refractivity contribution in [2.24, 2.45) is 0 Å². The van der Waals surface area contributed by atoms with Crippen LogP contribution in [0, 0.1) is 0 Å². The molecule has 0 aliphatic rings. The van der Waals surface area contributed by atoms with Crippen molar-refractivity contribution in [1.82, 2.24) is 0 Å². The molecule has 1 rings (SSSR count). The van der Waals surface area contributed by atoms with Crippen LogP contribution in [0.3, 0.4) is 0 Å². The molecule has 3 heteroatoms. The van der Waals surface area contributed by atoms with E-state index >= 15 is 0 Å². The molecule has 0 spiro atoms. The summed E-state index contributed by atoms with van der Waals surface area (Å²) >= 11 is 0. The van der Waals surface area contributed by atoms with Crippen LogP contribution in [0.1, 0.15) is 19.4 Å². The van der Waals surface area contributed by atoms with E-state index in [1.165, 1.54) is 5.56 Å². The second-order valence-corrected chi connectivity index (χ2v) is 7.20. The van der Waals surface area contributed by atoms with Gasteiger partial charge in [0, 0.05) is 14.2 Å². The standard InChI is InChI=1S/C12H20O2Si/c1-12(2,15-11(13-3)14-4)10-8-6-5-7-9-10/h5-9,11H,15H2,1-4H3. The highest BCUT2D eigenvalue weighted by molar-refractivity contribution is 6.41. The zero-order valence-corrected chi connectivity index (χ0v) is 11.4. The van der Waals surface area contributed by atoms with Crippen molar-refractivity contribution >= 4 is 9.52 Å². The fourth-order valence-corrected chi connectivity index (χ4v) is 3.32. The van der Waals surface area contributed by atoms with E-state index in [4.69, 9.17) is 9.47 Å². The maximum atomic E-state index is 5.30. The molecule has 0 aromatic heterocycles. The van der Waals surface area contributed by atoms with E-state index in [0.717, 1.165) is 0 Å². The summed E-state index contributed by atoms with van der Waals surface area (Å²) in [5, 5.41) is 0.206. The van der Waals surface area contributed by atoms with Gasteiger partial charge >= 0.3 is 0 Å². The number of ether oxygens (including phenoxy) is 2. The van der Waals surface area contributed by atoms with Crippen molar-refractivity contribution in [2.45, 2.75) is 24.8 Å². The van der Waals surface area contributed by atoms with Gasteiger partial charge in [0.2, 0.25) is 0 Å². The Labute approximate surface area is 94.4 Å². The molecule has 15 heavy (non-hydrogen) atoms. The van der Waals surface area contributed by atoms with Gasteiger partial charge in [0.15, 0.2) is 0 Å². The Morgan fingerprint density at radius 1 is 1.07 bits per heavy atom. The van der Waals surface area contributed by atoms with Crippen molar-refractivity contribution in [3.8, 4) is 0 Å². The van der Waals surface area contributed by atoms with Gasteiger partial charge < -0.3 is 9.47 Å². The third-order valence-corrected chi connectivity index (χ3v) is 5.19. The second kappa shape index (κ2) is 5.44. The zero-order chi connectivity index (χ0) is 11.3. The lowest BCUT2D eigenvalue weighted by atomic mass is 10.0.